The van der Waals surface area contributed by atoms with Crippen LogP contribution in [0.1, 0.15) is 37.3 Å². The van der Waals surface area contributed by atoms with Gasteiger partial charge in [0.1, 0.15) is 0 Å². The van der Waals surface area contributed by atoms with Crippen LogP contribution in [-0.4, -0.2) is 4.98 Å². The van der Waals surface area contributed by atoms with E-state index < -0.39 is 0 Å². The molecule has 1 saturated carbocycles. The van der Waals surface area contributed by atoms with Crippen LogP contribution in [0.25, 0.3) is 10.9 Å². The third kappa shape index (κ3) is 2.36. The summed E-state index contributed by atoms with van der Waals surface area (Å²) in [6.45, 7) is 0. The lowest BCUT2D eigenvalue weighted by atomic mass is 9.90. The molecule has 2 nitrogen and oxygen atoms in total. The number of pyridine rings is 1. The van der Waals surface area contributed by atoms with Crippen molar-refractivity contribution in [2.45, 2.75) is 31.7 Å². The molecule has 1 heterocycles. The number of nitrogens with zero attached hydrogens (tertiary/aromatic N) is 1. The lowest BCUT2D eigenvalue weighted by Gasteiger charge is -2.20. The summed E-state index contributed by atoms with van der Waals surface area (Å²) in [5, 5.41) is 1.22. The largest absolute Gasteiger partial charge is 0.324 e. The highest BCUT2D eigenvalue weighted by atomic mass is 35.5. The third-order valence-corrected chi connectivity index (χ3v) is 3.95. The smallest absolute Gasteiger partial charge is 0.0705 e. The summed E-state index contributed by atoms with van der Waals surface area (Å²) in [5.41, 5.74) is 8.76. The van der Waals surface area contributed by atoms with Gasteiger partial charge >= 0.3 is 0 Å². The first kappa shape index (κ1) is 13.3. The number of fused-ring (bicyclic) bond motifs is 1. The van der Waals surface area contributed by atoms with E-state index in [4.69, 9.17) is 5.73 Å². The molecular formula is C15H19ClN2. The number of aromatic nitrogens is 1. The number of hydrogen-bond donors (Lipinski definition) is 1. The molecule has 2 aromatic rings. The summed E-state index contributed by atoms with van der Waals surface area (Å²) in [6.07, 6.45) is 7.10. The zero-order valence-corrected chi connectivity index (χ0v) is 11.2. The van der Waals surface area contributed by atoms with Crippen molar-refractivity contribution in [2.75, 3.05) is 0 Å². The Labute approximate surface area is 114 Å². The lowest BCUT2D eigenvalue weighted by molar-refractivity contribution is 0.447. The fourth-order valence-electron chi connectivity index (χ4n) is 2.98. The zero-order valence-electron chi connectivity index (χ0n) is 10.4. The first-order valence-electron chi connectivity index (χ1n) is 6.45. The minimum absolute atomic E-state index is 0. The van der Waals surface area contributed by atoms with Crippen molar-refractivity contribution in [2.24, 2.45) is 11.7 Å². The molecule has 1 fully saturated rings. The van der Waals surface area contributed by atoms with Crippen LogP contribution in [0.3, 0.4) is 0 Å². The van der Waals surface area contributed by atoms with E-state index in [1.807, 2.05) is 12.3 Å². The van der Waals surface area contributed by atoms with Gasteiger partial charge in [0.2, 0.25) is 0 Å². The zero-order chi connectivity index (χ0) is 11.7. The van der Waals surface area contributed by atoms with Gasteiger partial charge in [-0.15, -0.1) is 12.4 Å². The van der Waals surface area contributed by atoms with E-state index in [0.29, 0.717) is 5.92 Å². The van der Waals surface area contributed by atoms with Crippen molar-refractivity contribution in [3.05, 3.63) is 42.1 Å². The maximum absolute atomic E-state index is 6.44. The SMILES string of the molecule is Cl.N[C@H](c1ccnc2ccccc12)C1CCCC1. The number of para-hydroxylation sites is 1. The predicted octanol–water partition coefficient (Wildman–Crippen LogP) is 3.85. The van der Waals surface area contributed by atoms with Crippen LogP contribution in [0.2, 0.25) is 0 Å². The molecule has 0 spiro atoms. The number of hydrogen-bond acceptors (Lipinski definition) is 2. The highest BCUT2D eigenvalue weighted by Crippen LogP contribution is 2.36. The van der Waals surface area contributed by atoms with E-state index >= 15 is 0 Å². The van der Waals surface area contributed by atoms with E-state index in [2.05, 4.69) is 29.2 Å². The van der Waals surface area contributed by atoms with Crippen LogP contribution in [0.5, 0.6) is 0 Å². The standard InChI is InChI=1S/C15H18N2.ClH/c16-15(11-5-1-2-6-11)13-9-10-17-14-8-4-3-7-12(13)14;/h3-4,7-11,15H,1-2,5-6,16H2;1H/t15-;/m0./s1. The Morgan fingerprint density at radius 2 is 1.83 bits per heavy atom. The maximum atomic E-state index is 6.44. The summed E-state index contributed by atoms with van der Waals surface area (Å²) in [6, 6.07) is 10.5. The quantitative estimate of drug-likeness (QED) is 0.893. The Balaban J connectivity index is 0.00000120. The third-order valence-electron chi connectivity index (χ3n) is 3.95. The number of benzene rings is 1. The van der Waals surface area contributed by atoms with Crippen molar-refractivity contribution < 1.29 is 0 Å². The van der Waals surface area contributed by atoms with Gasteiger partial charge in [-0.1, -0.05) is 31.0 Å². The molecule has 1 aromatic heterocycles. The van der Waals surface area contributed by atoms with Crippen molar-refractivity contribution in [1.29, 1.82) is 0 Å². The van der Waals surface area contributed by atoms with Gasteiger partial charge in [-0.25, -0.2) is 0 Å². The Kier molecular flexibility index (Phi) is 4.20. The van der Waals surface area contributed by atoms with Crippen molar-refractivity contribution in [1.82, 2.24) is 4.98 Å². The molecular weight excluding hydrogens is 244 g/mol. The van der Waals surface area contributed by atoms with Gasteiger partial charge in [0.15, 0.2) is 0 Å². The second-order valence-corrected chi connectivity index (χ2v) is 4.99. The van der Waals surface area contributed by atoms with Crippen LogP contribution in [0, 0.1) is 5.92 Å². The molecule has 1 aliphatic rings. The number of nitrogens with two attached hydrogens (primary N) is 1. The van der Waals surface area contributed by atoms with E-state index in [9.17, 15) is 0 Å². The number of halogens is 1. The average molecular weight is 263 g/mol. The fourth-order valence-corrected chi connectivity index (χ4v) is 2.98. The van der Waals surface area contributed by atoms with Gasteiger partial charge < -0.3 is 5.73 Å². The molecule has 1 aliphatic carbocycles. The van der Waals surface area contributed by atoms with Gasteiger partial charge in [0, 0.05) is 17.6 Å². The number of rotatable bonds is 2. The first-order valence-corrected chi connectivity index (χ1v) is 6.45. The summed E-state index contributed by atoms with van der Waals surface area (Å²) in [4.78, 5) is 4.40. The molecule has 3 heteroatoms. The van der Waals surface area contributed by atoms with Crippen molar-refractivity contribution in [3.63, 3.8) is 0 Å². The lowest BCUT2D eigenvalue weighted by Crippen LogP contribution is -2.19. The van der Waals surface area contributed by atoms with E-state index in [1.54, 1.807) is 0 Å². The van der Waals surface area contributed by atoms with E-state index in [1.165, 1.54) is 36.6 Å². The Bertz CT molecular complexity index is 515. The van der Waals surface area contributed by atoms with Crippen LogP contribution in [-0.2, 0) is 0 Å². The second kappa shape index (κ2) is 5.68. The van der Waals surface area contributed by atoms with Crippen LogP contribution in [0.4, 0.5) is 0 Å². The molecule has 0 saturated heterocycles. The van der Waals surface area contributed by atoms with Gasteiger partial charge in [0.05, 0.1) is 5.52 Å². The highest BCUT2D eigenvalue weighted by molar-refractivity contribution is 5.85. The Hall–Kier alpha value is -1.12. The van der Waals surface area contributed by atoms with E-state index in [0.717, 1.165) is 5.52 Å². The van der Waals surface area contributed by atoms with Crippen LogP contribution in [0.15, 0.2) is 36.5 Å². The maximum Gasteiger partial charge on any atom is 0.0705 e. The molecule has 1 atom stereocenters. The molecule has 96 valence electrons. The van der Waals surface area contributed by atoms with Crippen molar-refractivity contribution in [3.8, 4) is 0 Å². The van der Waals surface area contributed by atoms with E-state index in [-0.39, 0.29) is 18.4 Å². The molecule has 0 amide bonds. The molecule has 0 aliphatic heterocycles. The Morgan fingerprint density at radius 1 is 1.11 bits per heavy atom. The summed E-state index contributed by atoms with van der Waals surface area (Å²) < 4.78 is 0. The first-order chi connectivity index (χ1) is 8.36. The minimum Gasteiger partial charge on any atom is -0.324 e. The molecule has 3 rings (SSSR count). The minimum atomic E-state index is 0. The summed E-state index contributed by atoms with van der Waals surface area (Å²) in [5.74, 6) is 0.654. The fraction of sp³-hybridized carbons (Fsp3) is 0.400. The summed E-state index contributed by atoms with van der Waals surface area (Å²) in [7, 11) is 0. The Morgan fingerprint density at radius 3 is 2.61 bits per heavy atom. The molecule has 0 radical (unpaired) electrons. The van der Waals surface area contributed by atoms with Gasteiger partial charge in [-0.05, 0) is 36.5 Å². The molecule has 0 unspecified atom stereocenters. The van der Waals surface area contributed by atoms with Gasteiger partial charge in [-0.2, -0.15) is 0 Å². The molecule has 18 heavy (non-hydrogen) atoms. The van der Waals surface area contributed by atoms with Crippen LogP contribution >= 0.6 is 12.4 Å². The summed E-state index contributed by atoms with van der Waals surface area (Å²) >= 11 is 0. The molecule has 1 aromatic carbocycles. The second-order valence-electron chi connectivity index (χ2n) is 4.99. The monoisotopic (exact) mass is 262 g/mol. The normalized spacial score (nSPS) is 17.6. The van der Waals surface area contributed by atoms with Crippen molar-refractivity contribution >= 4 is 23.3 Å². The average Bonchev–Trinajstić information content (AvgIpc) is 2.91. The predicted molar refractivity (Wildman–Crippen MR) is 77.9 cm³/mol. The van der Waals surface area contributed by atoms with Crippen LogP contribution < -0.4 is 5.73 Å². The highest BCUT2D eigenvalue weighted by Gasteiger charge is 2.24. The molecule has 0 bridgehead atoms. The van der Waals surface area contributed by atoms with Gasteiger partial charge in [-0.3, -0.25) is 4.98 Å². The molecule has 2 N–H and O–H groups in total. The van der Waals surface area contributed by atoms with Gasteiger partial charge in [0.25, 0.3) is 0 Å². The topological polar surface area (TPSA) is 38.9 Å².